The summed E-state index contributed by atoms with van der Waals surface area (Å²) in [4.78, 5) is 0. The van der Waals surface area contributed by atoms with Crippen molar-refractivity contribution in [3.8, 4) is 0 Å². The normalized spacial score (nSPS) is 12.9. The minimum absolute atomic E-state index is 0.520. The van der Waals surface area contributed by atoms with Crippen LogP contribution in [0.3, 0.4) is 0 Å². The summed E-state index contributed by atoms with van der Waals surface area (Å²) in [6.45, 7) is 6.58. The zero-order valence-corrected chi connectivity index (χ0v) is 11.5. The van der Waals surface area contributed by atoms with E-state index in [2.05, 4.69) is 48.4 Å². The zero-order valence-electron chi connectivity index (χ0n) is 10.7. The van der Waals surface area contributed by atoms with Crippen LogP contribution in [0.15, 0.2) is 18.5 Å². The molecule has 1 aromatic heterocycles. The second-order valence-corrected chi connectivity index (χ2v) is 5.03. The third kappa shape index (κ3) is 4.22. The molecule has 1 aromatic rings. The Hall–Kier alpha value is -0.410. The highest BCUT2D eigenvalue weighted by atomic mass is 32.2. The van der Waals surface area contributed by atoms with Gasteiger partial charge in [0.15, 0.2) is 0 Å². The lowest BCUT2D eigenvalue weighted by atomic mass is 10.1. The lowest BCUT2D eigenvalue weighted by Gasteiger charge is -2.13. The first kappa shape index (κ1) is 13.7. The smallest absolute Gasteiger partial charge is 0.0332 e. The molecule has 0 fully saturated rings. The second kappa shape index (κ2) is 7.80. The molecule has 1 heterocycles. The summed E-state index contributed by atoms with van der Waals surface area (Å²) in [7, 11) is 0. The van der Waals surface area contributed by atoms with Crippen LogP contribution < -0.4 is 5.32 Å². The molecule has 1 rings (SSSR count). The van der Waals surface area contributed by atoms with E-state index in [0.29, 0.717) is 6.04 Å². The predicted molar refractivity (Wildman–Crippen MR) is 74.1 cm³/mol. The number of hydrogen-bond donors (Lipinski definition) is 1. The molecule has 0 bridgehead atoms. The Kier molecular flexibility index (Phi) is 6.65. The van der Waals surface area contributed by atoms with Gasteiger partial charge in [-0.25, -0.2) is 0 Å². The standard InChI is InChI=1S/C13H24N2S/c1-4-13(14-5-2)12-7-9-15(11-12)8-6-10-16-3/h7,9,11,13-14H,4-6,8,10H2,1-3H3. The number of aryl methyl sites for hydroxylation is 1. The van der Waals surface area contributed by atoms with Crippen molar-refractivity contribution in [3.63, 3.8) is 0 Å². The quantitative estimate of drug-likeness (QED) is 0.702. The van der Waals surface area contributed by atoms with Gasteiger partial charge in [0.1, 0.15) is 0 Å². The molecule has 0 aromatic carbocycles. The summed E-state index contributed by atoms with van der Waals surface area (Å²) in [6, 6.07) is 2.77. The van der Waals surface area contributed by atoms with Crippen molar-refractivity contribution in [2.24, 2.45) is 0 Å². The zero-order chi connectivity index (χ0) is 11.8. The third-order valence-electron chi connectivity index (χ3n) is 2.80. The van der Waals surface area contributed by atoms with Gasteiger partial charge in [-0.3, -0.25) is 0 Å². The van der Waals surface area contributed by atoms with Crippen molar-refractivity contribution in [1.82, 2.24) is 9.88 Å². The van der Waals surface area contributed by atoms with Crippen LogP contribution >= 0.6 is 11.8 Å². The number of aromatic nitrogens is 1. The minimum atomic E-state index is 0.520. The number of rotatable bonds is 8. The fourth-order valence-corrected chi connectivity index (χ4v) is 2.36. The second-order valence-electron chi connectivity index (χ2n) is 4.05. The van der Waals surface area contributed by atoms with Gasteiger partial charge in [-0.15, -0.1) is 0 Å². The van der Waals surface area contributed by atoms with Gasteiger partial charge in [-0.1, -0.05) is 13.8 Å². The molecule has 0 spiro atoms. The van der Waals surface area contributed by atoms with E-state index < -0.39 is 0 Å². The van der Waals surface area contributed by atoms with Gasteiger partial charge in [0.2, 0.25) is 0 Å². The number of hydrogen-bond acceptors (Lipinski definition) is 2. The van der Waals surface area contributed by atoms with Gasteiger partial charge in [-0.2, -0.15) is 11.8 Å². The summed E-state index contributed by atoms with van der Waals surface area (Å²) in [6.07, 6.45) is 9.07. The Morgan fingerprint density at radius 1 is 1.44 bits per heavy atom. The molecule has 0 saturated heterocycles. The van der Waals surface area contributed by atoms with Crippen LogP contribution in [0.25, 0.3) is 0 Å². The molecule has 1 unspecified atom stereocenters. The Morgan fingerprint density at radius 3 is 2.88 bits per heavy atom. The fraction of sp³-hybridized carbons (Fsp3) is 0.692. The summed E-state index contributed by atoms with van der Waals surface area (Å²) in [5.41, 5.74) is 1.42. The highest BCUT2D eigenvalue weighted by Crippen LogP contribution is 2.17. The van der Waals surface area contributed by atoms with Crippen LogP contribution in [-0.2, 0) is 6.54 Å². The van der Waals surface area contributed by atoms with Gasteiger partial charge < -0.3 is 9.88 Å². The predicted octanol–water partition coefficient (Wildman–Crippen LogP) is 3.30. The highest BCUT2D eigenvalue weighted by molar-refractivity contribution is 7.98. The molecular weight excluding hydrogens is 216 g/mol. The molecule has 0 aliphatic heterocycles. The van der Waals surface area contributed by atoms with Crippen LogP contribution in [0.5, 0.6) is 0 Å². The molecule has 0 radical (unpaired) electrons. The third-order valence-corrected chi connectivity index (χ3v) is 3.50. The molecule has 16 heavy (non-hydrogen) atoms. The molecule has 0 saturated carbocycles. The van der Waals surface area contributed by atoms with Crippen LogP contribution in [-0.4, -0.2) is 23.1 Å². The Labute approximate surface area is 104 Å². The van der Waals surface area contributed by atoms with E-state index in [1.807, 2.05) is 11.8 Å². The van der Waals surface area contributed by atoms with Crippen molar-refractivity contribution in [2.45, 2.75) is 39.3 Å². The van der Waals surface area contributed by atoms with Crippen molar-refractivity contribution in [2.75, 3.05) is 18.6 Å². The van der Waals surface area contributed by atoms with Crippen LogP contribution in [0, 0.1) is 0 Å². The SMILES string of the molecule is CCNC(CC)c1ccn(CCCSC)c1. The molecule has 2 nitrogen and oxygen atoms in total. The van der Waals surface area contributed by atoms with E-state index in [1.165, 1.54) is 17.7 Å². The molecule has 0 aliphatic carbocycles. The maximum Gasteiger partial charge on any atom is 0.0332 e. The van der Waals surface area contributed by atoms with Gasteiger partial charge in [0.25, 0.3) is 0 Å². The number of nitrogens with one attached hydrogen (secondary N) is 1. The lowest BCUT2D eigenvalue weighted by Crippen LogP contribution is -2.19. The Morgan fingerprint density at radius 2 is 2.25 bits per heavy atom. The number of nitrogens with zero attached hydrogens (tertiary/aromatic N) is 1. The van der Waals surface area contributed by atoms with Gasteiger partial charge in [-0.05, 0) is 43.0 Å². The van der Waals surface area contributed by atoms with Crippen molar-refractivity contribution < 1.29 is 0 Å². The molecule has 0 aliphatic rings. The van der Waals surface area contributed by atoms with E-state index >= 15 is 0 Å². The van der Waals surface area contributed by atoms with Crippen molar-refractivity contribution in [1.29, 1.82) is 0 Å². The van der Waals surface area contributed by atoms with E-state index in [4.69, 9.17) is 0 Å². The summed E-state index contributed by atoms with van der Waals surface area (Å²) >= 11 is 1.92. The largest absolute Gasteiger partial charge is 0.354 e. The average molecular weight is 240 g/mol. The Balaban J connectivity index is 2.48. The first-order chi connectivity index (χ1) is 7.81. The molecule has 92 valence electrons. The maximum atomic E-state index is 3.51. The topological polar surface area (TPSA) is 17.0 Å². The summed E-state index contributed by atoms with van der Waals surface area (Å²) in [5, 5.41) is 3.51. The molecule has 1 atom stereocenters. The van der Waals surface area contributed by atoms with Gasteiger partial charge >= 0.3 is 0 Å². The van der Waals surface area contributed by atoms with E-state index in [9.17, 15) is 0 Å². The molecule has 3 heteroatoms. The van der Waals surface area contributed by atoms with E-state index in [0.717, 1.165) is 19.5 Å². The lowest BCUT2D eigenvalue weighted by molar-refractivity contribution is 0.535. The average Bonchev–Trinajstić information content (AvgIpc) is 2.75. The van der Waals surface area contributed by atoms with Gasteiger partial charge in [0, 0.05) is 25.0 Å². The molecule has 1 N–H and O–H groups in total. The molecule has 0 amide bonds. The van der Waals surface area contributed by atoms with Crippen LogP contribution in [0.1, 0.15) is 38.3 Å². The molecular formula is C13H24N2S. The van der Waals surface area contributed by atoms with E-state index in [1.54, 1.807) is 0 Å². The fourth-order valence-electron chi connectivity index (χ4n) is 1.94. The van der Waals surface area contributed by atoms with Crippen LogP contribution in [0.2, 0.25) is 0 Å². The van der Waals surface area contributed by atoms with Crippen LogP contribution in [0.4, 0.5) is 0 Å². The number of thioether (sulfide) groups is 1. The van der Waals surface area contributed by atoms with Crippen molar-refractivity contribution >= 4 is 11.8 Å². The maximum absolute atomic E-state index is 3.51. The summed E-state index contributed by atoms with van der Waals surface area (Å²) < 4.78 is 2.31. The summed E-state index contributed by atoms with van der Waals surface area (Å²) in [5.74, 6) is 1.25. The van der Waals surface area contributed by atoms with E-state index in [-0.39, 0.29) is 0 Å². The first-order valence-electron chi connectivity index (χ1n) is 6.19. The Bertz CT molecular complexity index is 283. The monoisotopic (exact) mass is 240 g/mol. The highest BCUT2D eigenvalue weighted by Gasteiger charge is 2.08. The first-order valence-corrected chi connectivity index (χ1v) is 7.59. The minimum Gasteiger partial charge on any atom is -0.354 e. The van der Waals surface area contributed by atoms with Crippen molar-refractivity contribution in [3.05, 3.63) is 24.0 Å². The van der Waals surface area contributed by atoms with Gasteiger partial charge in [0.05, 0.1) is 0 Å².